The van der Waals surface area contributed by atoms with Crippen LogP contribution >= 0.6 is 0 Å². The van der Waals surface area contributed by atoms with Crippen molar-refractivity contribution in [2.75, 3.05) is 20.2 Å². The van der Waals surface area contributed by atoms with Gasteiger partial charge in [-0.05, 0) is 18.5 Å². The van der Waals surface area contributed by atoms with Gasteiger partial charge in [-0.15, -0.1) is 0 Å². The van der Waals surface area contributed by atoms with E-state index in [4.69, 9.17) is 4.74 Å². The van der Waals surface area contributed by atoms with Gasteiger partial charge in [-0.3, -0.25) is 4.79 Å². The van der Waals surface area contributed by atoms with Gasteiger partial charge < -0.3 is 19.9 Å². The monoisotopic (exact) mass is 316 g/mol. The van der Waals surface area contributed by atoms with Crippen LogP contribution in [0.2, 0.25) is 0 Å². The highest BCUT2D eigenvalue weighted by molar-refractivity contribution is 5.77. The van der Waals surface area contributed by atoms with E-state index in [1.165, 1.54) is 0 Å². The Morgan fingerprint density at radius 1 is 1.39 bits per heavy atom. The van der Waals surface area contributed by atoms with Gasteiger partial charge in [0.15, 0.2) is 6.61 Å². The lowest BCUT2D eigenvalue weighted by Gasteiger charge is -2.15. The Morgan fingerprint density at radius 2 is 2.22 bits per heavy atom. The molecule has 23 heavy (non-hydrogen) atoms. The molecule has 0 radical (unpaired) electrons. The Kier molecular flexibility index (Phi) is 6.62. The van der Waals surface area contributed by atoms with Crippen molar-refractivity contribution in [3.05, 3.63) is 48.5 Å². The molecule has 1 atom stereocenters. The highest BCUT2D eigenvalue weighted by atomic mass is 16.5. The summed E-state index contributed by atoms with van der Waals surface area (Å²) in [5.74, 6) is 1.09. The lowest BCUT2D eigenvalue weighted by Crippen LogP contribution is -2.26. The van der Waals surface area contributed by atoms with E-state index < -0.39 is 0 Å². The number of hydrogen-bond acceptors (Lipinski definition) is 4. The van der Waals surface area contributed by atoms with E-state index in [1.807, 2.05) is 36.8 Å². The molecule has 2 rings (SSSR count). The van der Waals surface area contributed by atoms with Crippen molar-refractivity contribution in [3.8, 4) is 5.75 Å². The fourth-order valence-electron chi connectivity index (χ4n) is 2.28. The molecule has 6 heteroatoms. The minimum atomic E-state index is -0.137. The molecule has 0 aliphatic heterocycles. The number of rotatable bonds is 9. The number of hydrogen-bond donors (Lipinski definition) is 2. The highest BCUT2D eigenvalue weighted by Gasteiger charge is 2.07. The largest absolute Gasteiger partial charge is 0.483 e. The van der Waals surface area contributed by atoms with Crippen LogP contribution < -0.4 is 15.4 Å². The van der Waals surface area contributed by atoms with E-state index in [2.05, 4.69) is 27.1 Å². The first-order valence-corrected chi connectivity index (χ1v) is 7.76. The quantitative estimate of drug-likeness (QED) is 0.734. The second-order valence-electron chi connectivity index (χ2n) is 5.57. The van der Waals surface area contributed by atoms with Crippen molar-refractivity contribution in [1.29, 1.82) is 0 Å². The Morgan fingerprint density at radius 3 is 2.96 bits per heavy atom. The van der Waals surface area contributed by atoms with Crippen LogP contribution in [-0.2, 0) is 17.9 Å². The predicted molar refractivity (Wildman–Crippen MR) is 89.1 cm³/mol. The lowest BCUT2D eigenvalue weighted by molar-refractivity contribution is -0.122. The summed E-state index contributed by atoms with van der Waals surface area (Å²) in [6, 6.07) is 7.77. The molecule has 124 valence electrons. The topological polar surface area (TPSA) is 68.2 Å². The van der Waals surface area contributed by atoms with E-state index in [0.717, 1.165) is 24.4 Å². The Labute approximate surface area is 136 Å². The number of imidazole rings is 1. The summed E-state index contributed by atoms with van der Waals surface area (Å²) in [5, 5.41) is 5.99. The minimum absolute atomic E-state index is 0.0323. The molecule has 0 bridgehead atoms. The zero-order valence-corrected chi connectivity index (χ0v) is 13.7. The van der Waals surface area contributed by atoms with Crippen molar-refractivity contribution >= 4 is 5.91 Å². The maximum atomic E-state index is 11.3. The van der Waals surface area contributed by atoms with E-state index in [1.54, 1.807) is 13.2 Å². The summed E-state index contributed by atoms with van der Waals surface area (Å²) in [7, 11) is 1.60. The summed E-state index contributed by atoms with van der Waals surface area (Å²) >= 11 is 0. The number of ether oxygens (including phenoxy) is 1. The molecule has 0 saturated heterocycles. The summed E-state index contributed by atoms with van der Waals surface area (Å²) < 4.78 is 7.64. The van der Waals surface area contributed by atoms with Gasteiger partial charge in [0, 0.05) is 38.1 Å². The first-order valence-electron chi connectivity index (χ1n) is 7.76. The van der Waals surface area contributed by atoms with Gasteiger partial charge in [-0.2, -0.15) is 0 Å². The van der Waals surface area contributed by atoms with Gasteiger partial charge in [0.1, 0.15) is 5.75 Å². The predicted octanol–water partition coefficient (Wildman–Crippen LogP) is 1.43. The van der Waals surface area contributed by atoms with Crippen LogP contribution in [0.3, 0.4) is 0 Å². The molecular formula is C17H24N4O2. The fraction of sp³-hybridized carbons (Fsp3) is 0.412. The molecule has 1 heterocycles. The zero-order chi connectivity index (χ0) is 16.5. The van der Waals surface area contributed by atoms with Crippen LogP contribution in [-0.4, -0.2) is 35.7 Å². The van der Waals surface area contributed by atoms with Gasteiger partial charge in [0.2, 0.25) is 0 Å². The molecule has 0 saturated carbocycles. The number of para-hydroxylation sites is 1. The molecule has 1 aromatic carbocycles. The van der Waals surface area contributed by atoms with Gasteiger partial charge >= 0.3 is 0 Å². The Bertz CT molecular complexity index is 598. The molecule has 0 spiro atoms. The van der Waals surface area contributed by atoms with Crippen LogP contribution in [0, 0.1) is 5.92 Å². The number of aromatic nitrogens is 2. The smallest absolute Gasteiger partial charge is 0.257 e. The van der Waals surface area contributed by atoms with Gasteiger partial charge in [-0.25, -0.2) is 4.98 Å². The second kappa shape index (κ2) is 8.95. The van der Waals surface area contributed by atoms with Crippen LogP contribution in [0.25, 0.3) is 0 Å². The highest BCUT2D eigenvalue weighted by Crippen LogP contribution is 2.17. The molecule has 1 amide bonds. The molecule has 0 unspecified atom stereocenters. The van der Waals surface area contributed by atoms with E-state index >= 15 is 0 Å². The molecule has 2 N–H and O–H groups in total. The van der Waals surface area contributed by atoms with Gasteiger partial charge in [-0.1, -0.05) is 25.1 Å². The summed E-state index contributed by atoms with van der Waals surface area (Å²) in [5.41, 5.74) is 1.05. The zero-order valence-electron chi connectivity index (χ0n) is 13.7. The van der Waals surface area contributed by atoms with E-state index in [0.29, 0.717) is 12.5 Å². The maximum absolute atomic E-state index is 11.3. The van der Waals surface area contributed by atoms with Crippen LogP contribution in [0.15, 0.2) is 43.0 Å². The third kappa shape index (κ3) is 5.75. The van der Waals surface area contributed by atoms with Crippen LogP contribution in [0.5, 0.6) is 5.75 Å². The molecule has 0 fully saturated rings. The minimum Gasteiger partial charge on any atom is -0.483 e. The second-order valence-corrected chi connectivity index (χ2v) is 5.57. The molecule has 0 aliphatic carbocycles. The van der Waals surface area contributed by atoms with E-state index in [-0.39, 0.29) is 12.5 Å². The number of carbonyl (C=O) groups is 1. The summed E-state index contributed by atoms with van der Waals surface area (Å²) in [4.78, 5) is 15.3. The SMILES string of the molecule is CNC(=O)COc1ccccc1CNC[C@@H](C)Cn1ccnc1. The molecule has 0 aliphatic rings. The summed E-state index contributed by atoms with van der Waals surface area (Å²) in [6.45, 7) is 4.76. The van der Waals surface area contributed by atoms with Crippen molar-refractivity contribution in [2.24, 2.45) is 5.92 Å². The first-order chi connectivity index (χ1) is 11.2. The van der Waals surface area contributed by atoms with Crippen molar-refractivity contribution in [2.45, 2.75) is 20.0 Å². The number of nitrogens with zero attached hydrogens (tertiary/aromatic N) is 2. The van der Waals surface area contributed by atoms with Crippen LogP contribution in [0.1, 0.15) is 12.5 Å². The third-order valence-corrected chi connectivity index (χ3v) is 3.50. The van der Waals surface area contributed by atoms with E-state index in [9.17, 15) is 4.79 Å². The number of nitrogens with one attached hydrogen (secondary N) is 2. The molecule has 6 nitrogen and oxygen atoms in total. The van der Waals surface area contributed by atoms with Crippen molar-refractivity contribution < 1.29 is 9.53 Å². The van der Waals surface area contributed by atoms with Gasteiger partial charge in [0.05, 0.1) is 6.33 Å². The maximum Gasteiger partial charge on any atom is 0.257 e. The third-order valence-electron chi connectivity index (χ3n) is 3.50. The van der Waals surface area contributed by atoms with Crippen LogP contribution in [0.4, 0.5) is 0 Å². The van der Waals surface area contributed by atoms with Gasteiger partial charge in [0.25, 0.3) is 5.91 Å². The lowest BCUT2D eigenvalue weighted by atomic mass is 10.1. The van der Waals surface area contributed by atoms with Crippen molar-refractivity contribution in [3.63, 3.8) is 0 Å². The summed E-state index contributed by atoms with van der Waals surface area (Å²) in [6.07, 6.45) is 5.59. The Balaban J connectivity index is 1.79. The number of amides is 1. The number of benzene rings is 1. The molecular weight excluding hydrogens is 292 g/mol. The average molecular weight is 316 g/mol. The van der Waals surface area contributed by atoms with Crippen molar-refractivity contribution in [1.82, 2.24) is 20.2 Å². The first kappa shape index (κ1) is 17.0. The number of likely N-dealkylation sites (N-methyl/N-ethyl adjacent to an activating group) is 1. The number of carbonyl (C=O) groups excluding carboxylic acids is 1. The normalized spacial score (nSPS) is 11.9. The average Bonchev–Trinajstić information content (AvgIpc) is 3.06. The molecule has 1 aromatic heterocycles. The fourth-order valence-corrected chi connectivity index (χ4v) is 2.28. The molecule has 2 aromatic rings. The Hall–Kier alpha value is -2.34. The standard InChI is InChI=1S/C17H24N4O2/c1-14(11-21-8-7-19-13-21)9-20-10-15-5-3-4-6-16(15)23-12-17(22)18-2/h3-8,13-14,20H,9-12H2,1-2H3,(H,18,22)/t14-/m1/s1.